The maximum atomic E-state index is 12.0. The van der Waals surface area contributed by atoms with Crippen LogP contribution >= 0.6 is 0 Å². The highest BCUT2D eigenvalue weighted by atomic mass is 16.5. The monoisotopic (exact) mass is 354 g/mol. The average molecular weight is 354 g/mol. The number of ether oxygens (including phenoxy) is 2. The molecule has 0 spiro atoms. The fourth-order valence-electron chi connectivity index (χ4n) is 2.25. The molecule has 2 rings (SSSR count). The van der Waals surface area contributed by atoms with Gasteiger partial charge in [-0.1, -0.05) is 30.9 Å². The summed E-state index contributed by atoms with van der Waals surface area (Å²) in [7, 11) is 0. The second-order valence-electron chi connectivity index (χ2n) is 6.07. The smallest absolute Gasteiger partial charge is 0.239 e. The second kappa shape index (κ2) is 10.1. The molecular formula is C21H26N2O3. The molecule has 2 aromatic carbocycles. The van der Waals surface area contributed by atoms with Crippen LogP contribution in [-0.4, -0.2) is 25.2 Å². The summed E-state index contributed by atoms with van der Waals surface area (Å²) in [6.45, 7) is 8.72. The minimum Gasteiger partial charge on any atom is -0.491 e. The Morgan fingerprint density at radius 1 is 1.15 bits per heavy atom. The highest BCUT2D eigenvalue weighted by Gasteiger charge is 2.03. The van der Waals surface area contributed by atoms with Gasteiger partial charge in [-0.15, -0.1) is 0 Å². The molecule has 0 saturated carbocycles. The molecule has 1 amide bonds. The van der Waals surface area contributed by atoms with E-state index in [1.807, 2.05) is 62.4 Å². The van der Waals surface area contributed by atoms with Gasteiger partial charge in [-0.05, 0) is 43.7 Å². The van der Waals surface area contributed by atoms with Crippen LogP contribution in [0.1, 0.15) is 19.4 Å². The Balaban J connectivity index is 1.76. The summed E-state index contributed by atoms with van der Waals surface area (Å²) in [5.74, 6) is 1.49. The third-order valence-electron chi connectivity index (χ3n) is 3.44. The Morgan fingerprint density at radius 2 is 1.92 bits per heavy atom. The Kier molecular flexibility index (Phi) is 7.55. The molecule has 26 heavy (non-hydrogen) atoms. The lowest BCUT2D eigenvalue weighted by molar-refractivity contribution is -0.119. The molecule has 0 bridgehead atoms. The van der Waals surface area contributed by atoms with E-state index in [0.717, 1.165) is 22.7 Å². The van der Waals surface area contributed by atoms with Crippen LogP contribution in [0, 0.1) is 0 Å². The molecule has 0 saturated heterocycles. The van der Waals surface area contributed by atoms with E-state index < -0.39 is 0 Å². The Morgan fingerprint density at radius 3 is 2.62 bits per heavy atom. The first-order valence-corrected chi connectivity index (χ1v) is 8.66. The van der Waals surface area contributed by atoms with Crippen molar-refractivity contribution in [2.75, 3.05) is 18.5 Å². The van der Waals surface area contributed by atoms with Crippen LogP contribution < -0.4 is 20.1 Å². The number of carbonyl (C=O) groups excluding carboxylic acids is 1. The zero-order valence-corrected chi connectivity index (χ0v) is 15.3. The number of hydrogen-bond acceptors (Lipinski definition) is 4. The quantitative estimate of drug-likeness (QED) is 0.638. The number of hydrogen-bond donors (Lipinski definition) is 2. The summed E-state index contributed by atoms with van der Waals surface area (Å²) in [5.41, 5.74) is 1.85. The van der Waals surface area contributed by atoms with Crippen molar-refractivity contribution in [1.82, 2.24) is 5.32 Å². The summed E-state index contributed by atoms with van der Waals surface area (Å²) in [6, 6.07) is 15.2. The molecule has 0 fully saturated rings. The minimum absolute atomic E-state index is 0.0788. The van der Waals surface area contributed by atoms with Gasteiger partial charge in [0.2, 0.25) is 5.91 Å². The van der Waals surface area contributed by atoms with E-state index in [9.17, 15) is 4.79 Å². The SMILES string of the molecule is C=CCOc1cccc(NCC(=O)NCc2ccc(OC(C)C)cc2)c1. The molecule has 0 aliphatic rings. The second-order valence-corrected chi connectivity index (χ2v) is 6.07. The van der Waals surface area contributed by atoms with Gasteiger partial charge < -0.3 is 20.1 Å². The van der Waals surface area contributed by atoms with E-state index in [0.29, 0.717) is 13.2 Å². The predicted molar refractivity (Wildman–Crippen MR) is 105 cm³/mol. The molecule has 0 aliphatic heterocycles. The molecular weight excluding hydrogens is 328 g/mol. The third-order valence-corrected chi connectivity index (χ3v) is 3.44. The van der Waals surface area contributed by atoms with E-state index in [1.165, 1.54) is 0 Å². The third kappa shape index (κ3) is 6.89. The summed E-state index contributed by atoms with van der Waals surface area (Å²) >= 11 is 0. The van der Waals surface area contributed by atoms with Crippen LogP contribution in [0.15, 0.2) is 61.2 Å². The molecule has 0 aliphatic carbocycles. The molecule has 5 heteroatoms. The fraction of sp³-hybridized carbons (Fsp3) is 0.286. The lowest BCUT2D eigenvalue weighted by atomic mass is 10.2. The summed E-state index contributed by atoms with van der Waals surface area (Å²) in [6.07, 6.45) is 1.84. The molecule has 5 nitrogen and oxygen atoms in total. The van der Waals surface area contributed by atoms with Gasteiger partial charge in [0.05, 0.1) is 12.6 Å². The van der Waals surface area contributed by atoms with E-state index in [1.54, 1.807) is 6.08 Å². The Bertz CT molecular complexity index is 711. The molecule has 2 aromatic rings. The highest BCUT2D eigenvalue weighted by molar-refractivity contribution is 5.80. The Labute approximate surface area is 155 Å². The van der Waals surface area contributed by atoms with Gasteiger partial charge in [-0.3, -0.25) is 4.79 Å². The Hall–Kier alpha value is -2.95. The maximum absolute atomic E-state index is 12.0. The topological polar surface area (TPSA) is 59.6 Å². The lowest BCUT2D eigenvalue weighted by Gasteiger charge is -2.11. The van der Waals surface area contributed by atoms with Crippen molar-refractivity contribution >= 4 is 11.6 Å². The normalized spacial score (nSPS) is 10.3. The van der Waals surface area contributed by atoms with Crippen LogP contribution in [0.4, 0.5) is 5.69 Å². The van der Waals surface area contributed by atoms with E-state index >= 15 is 0 Å². The van der Waals surface area contributed by atoms with Gasteiger partial charge >= 0.3 is 0 Å². The van der Waals surface area contributed by atoms with Crippen molar-refractivity contribution in [2.24, 2.45) is 0 Å². The molecule has 0 radical (unpaired) electrons. The van der Waals surface area contributed by atoms with Crippen molar-refractivity contribution in [3.8, 4) is 11.5 Å². The first-order valence-electron chi connectivity index (χ1n) is 8.66. The van der Waals surface area contributed by atoms with Crippen molar-refractivity contribution in [3.05, 3.63) is 66.7 Å². The van der Waals surface area contributed by atoms with Crippen LogP contribution in [0.5, 0.6) is 11.5 Å². The molecule has 138 valence electrons. The number of rotatable bonds is 10. The highest BCUT2D eigenvalue weighted by Crippen LogP contribution is 2.17. The fourth-order valence-corrected chi connectivity index (χ4v) is 2.25. The number of anilines is 1. The number of benzene rings is 2. The predicted octanol–water partition coefficient (Wildman–Crippen LogP) is 3.77. The summed E-state index contributed by atoms with van der Waals surface area (Å²) in [5, 5.41) is 5.98. The van der Waals surface area contributed by atoms with Crippen LogP contribution in [0.2, 0.25) is 0 Å². The zero-order chi connectivity index (χ0) is 18.8. The van der Waals surface area contributed by atoms with Crippen molar-refractivity contribution in [1.29, 1.82) is 0 Å². The van der Waals surface area contributed by atoms with Crippen LogP contribution in [0.3, 0.4) is 0 Å². The van der Waals surface area contributed by atoms with E-state index in [4.69, 9.17) is 9.47 Å². The molecule has 0 atom stereocenters. The minimum atomic E-state index is -0.0788. The van der Waals surface area contributed by atoms with Crippen molar-refractivity contribution in [2.45, 2.75) is 26.5 Å². The number of carbonyl (C=O) groups is 1. The summed E-state index contributed by atoms with van der Waals surface area (Å²) in [4.78, 5) is 12.0. The average Bonchev–Trinajstić information content (AvgIpc) is 2.64. The van der Waals surface area contributed by atoms with E-state index in [-0.39, 0.29) is 18.6 Å². The van der Waals surface area contributed by atoms with Gasteiger partial charge in [0.1, 0.15) is 18.1 Å². The number of amides is 1. The van der Waals surface area contributed by atoms with Crippen molar-refractivity contribution in [3.63, 3.8) is 0 Å². The first-order chi connectivity index (χ1) is 12.6. The molecule has 2 N–H and O–H groups in total. The molecule has 0 heterocycles. The number of nitrogens with one attached hydrogen (secondary N) is 2. The zero-order valence-electron chi connectivity index (χ0n) is 15.3. The van der Waals surface area contributed by atoms with Gasteiger partial charge in [-0.25, -0.2) is 0 Å². The van der Waals surface area contributed by atoms with E-state index in [2.05, 4.69) is 17.2 Å². The van der Waals surface area contributed by atoms with Gasteiger partial charge in [0.25, 0.3) is 0 Å². The van der Waals surface area contributed by atoms with Gasteiger partial charge in [0.15, 0.2) is 0 Å². The van der Waals surface area contributed by atoms with Gasteiger partial charge in [0, 0.05) is 18.3 Å². The maximum Gasteiger partial charge on any atom is 0.239 e. The first kappa shape index (κ1) is 19.4. The largest absolute Gasteiger partial charge is 0.491 e. The molecule has 0 aromatic heterocycles. The summed E-state index contributed by atoms with van der Waals surface area (Å²) < 4.78 is 11.1. The standard InChI is InChI=1S/C21H26N2O3/c1-4-12-25-20-7-5-6-18(13-20)22-15-21(24)23-14-17-8-10-19(11-9-17)26-16(2)3/h4-11,13,16,22H,1,12,14-15H2,2-3H3,(H,23,24). The van der Waals surface area contributed by atoms with Crippen LogP contribution in [-0.2, 0) is 11.3 Å². The molecule has 0 unspecified atom stereocenters. The van der Waals surface area contributed by atoms with Crippen LogP contribution in [0.25, 0.3) is 0 Å². The van der Waals surface area contributed by atoms with Crippen molar-refractivity contribution < 1.29 is 14.3 Å². The lowest BCUT2D eigenvalue weighted by Crippen LogP contribution is -2.29. The van der Waals surface area contributed by atoms with Gasteiger partial charge in [-0.2, -0.15) is 0 Å².